The van der Waals surface area contributed by atoms with E-state index in [9.17, 15) is 19.2 Å². The second-order valence-electron chi connectivity index (χ2n) is 15.3. The molecule has 272 valence electrons. The molecule has 0 unspecified atom stereocenters. The second-order valence-corrected chi connectivity index (χ2v) is 15.3. The second kappa shape index (κ2) is 19.4. The molecule has 0 saturated carbocycles. The quantitative estimate of drug-likeness (QED) is 0.130. The highest BCUT2D eigenvalue weighted by Gasteiger charge is 2.26. The van der Waals surface area contributed by atoms with Gasteiger partial charge < -0.3 is 38.5 Å². The Morgan fingerprint density at radius 2 is 0.745 bits per heavy atom. The van der Waals surface area contributed by atoms with Crippen molar-refractivity contribution in [3.8, 4) is 0 Å². The van der Waals surface area contributed by atoms with Crippen LogP contribution in [0.2, 0.25) is 0 Å². The molecule has 0 aromatic heterocycles. The third-order valence-corrected chi connectivity index (χ3v) is 5.87. The fraction of sp³-hybridized carbons (Fsp3) is 0.771. The van der Waals surface area contributed by atoms with Crippen LogP contribution in [0.1, 0.15) is 103 Å². The Bertz CT molecular complexity index is 1030. The first-order chi connectivity index (χ1) is 21.4. The van der Waals surface area contributed by atoms with Gasteiger partial charge >= 0.3 is 24.4 Å². The van der Waals surface area contributed by atoms with Crippen LogP contribution in [0.4, 0.5) is 19.2 Å². The molecule has 0 rings (SSSR count). The van der Waals surface area contributed by atoms with Crippen molar-refractivity contribution >= 4 is 24.4 Å². The minimum absolute atomic E-state index is 0.229. The number of carbonyl (C=O) groups is 4. The van der Waals surface area contributed by atoms with Gasteiger partial charge in [0.1, 0.15) is 22.4 Å². The molecule has 0 saturated heterocycles. The minimum Gasteiger partial charge on any atom is -0.444 e. The van der Waals surface area contributed by atoms with Gasteiger partial charge in [-0.25, -0.2) is 19.2 Å². The Hall–Kier alpha value is -3.44. The van der Waals surface area contributed by atoms with Crippen LogP contribution < -0.4 is 0 Å². The highest BCUT2D eigenvalue weighted by molar-refractivity contribution is 5.70. The predicted octanol–water partition coefficient (Wildman–Crippen LogP) is 7.48. The first-order valence-corrected chi connectivity index (χ1v) is 16.5. The monoisotopic (exact) mass is 668 g/mol. The van der Waals surface area contributed by atoms with E-state index in [1.165, 1.54) is 0 Å². The molecule has 12 nitrogen and oxygen atoms in total. The normalized spacial score (nSPS) is 12.3. The molecule has 0 radical (unpaired) electrons. The smallest absolute Gasteiger partial charge is 0.410 e. The lowest BCUT2D eigenvalue weighted by atomic mass is 10.2. The van der Waals surface area contributed by atoms with Gasteiger partial charge in [-0.15, -0.1) is 6.58 Å². The van der Waals surface area contributed by atoms with E-state index in [0.29, 0.717) is 52.1 Å². The lowest BCUT2D eigenvalue weighted by Crippen LogP contribution is -2.41. The summed E-state index contributed by atoms with van der Waals surface area (Å²) < 4.78 is 22.3. The maximum Gasteiger partial charge on any atom is 0.410 e. The Balaban J connectivity index is 5.61. The van der Waals surface area contributed by atoms with Crippen LogP contribution >= 0.6 is 0 Å². The van der Waals surface area contributed by atoms with Crippen LogP contribution in [0.25, 0.3) is 0 Å². The SMILES string of the molecule is C=CCN(CCCN(C/C=C/CN(CCCN(CC)C(=O)OC(C)(C)C)C(=O)OC(C)(C)C)C(=O)OC(C)(C)C)C(=O)OC(C)(C)C. The molecule has 47 heavy (non-hydrogen) atoms. The van der Waals surface area contributed by atoms with Gasteiger partial charge in [0.25, 0.3) is 0 Å². The number of nitrogens with zero attached hydrogens (tertiary/aromatic N) is 4. The van der Waals surface area contributed by atoms with Gasteiger partial charge in [-0.1, -0.05) is 18.2 Å². The van der Waals surface area contributed by atoms with E-state index >= 15 is 0 Å². The molecule has 0 aliphatic rings. The molecular weight excluding hydrogens is 604 g/mol. The maximum absolute atomic E-state index is 13.1. The van der Waals surface area contributed by atoms with Gasteiger partial charge in [0.15, 0.2) is 0 Å². The van der Waals surface area contributed by atoms with Crippen LogP contribution in [0, 0.1) is 0 Å². The Morgan fingerprint density at radius 1 is 0.489 bits per heavy atom. The van der Waals surface area contributed by atoms with E-state index in [4.69, 9.17) is 18.9 Å². The summed E-state index contributed by atoms with van der Waals surface area (Å²) in [5.74, 6) is 0. The Labute approximate surface area is 284 Å². The fourth-order valence-corrected chi connectivity index (χ4v) is 3.92. The molecule has 0 aliphatic carbocycles. The molecule has 0 bridgehead atoms. The summed E-state index contributed by atoms with van der Waals surface area (Å²) in [4.78, 5) is 57.6. The van der Waals surface area contributed by atoms with Crippen LogP contribution in [0.3, 0.4) is 0 Å². The zero-order valence-electron chi connectivity index (χ0n) is 31.6. The minimum atomic E-state index is -0.691. The number of ether oxygens (including phenoxy) is 4. The molecule has 0 aromatic rings. The zero-order chi connectivity index (χ0) is 36.6. The summed E-state index contributed by atoms with van der Waals surface area (Å²) in [5, 5.41) is 0. The summed E-state index contributed by atoms with van der Waals surface area (Å²) in [6.45, 7) is 30.0. The summed E-state index contributed by atoms with van der Waals surface area (Å²) >= 11 is 0. The van der Waals surface area contributed by atoms with Gasteiger partial charge in [0, 0.05) is 52.4 Å². The highest BCUT2D eigenvalue weighted by atomic mass is 16.6. The Morgan fingerprint density at radius 3 is 1.00 bits per heavy atom. The molecule has 4 amide bonds. The standard InChI is InChI=1S/C35H64N4O8/c1-15-21-37(29(41)45-33(6,7)8)25-20-27-39(31(43)47-35(12,13)14)23-18-17-22-38(30(42)46-34(9,10)11)26-19-24-36(16-2)28(40)44-32(3,4)5/h15,17-18H,1,16,19-27H2,2-14H3/b18-17+. The number of hydrogen-bond donors (Lipinski definition) is 0. The molecule has 12 heteroatoms. The Kier molecular flexibility index (Phi) is 18.0. The lowest BCUT2D eigenvalue weighted by molar-refractivity contribution is 0.0202. The molecule has 0 aromatic carbocycles. The van der Waals surface area contributed by atoms with Crippen molar-refractivity contribution in [1.82, 2.24) is 19.6 Å². The molecular formula is C35H64N4O8. The third-order valence-electron chi connectivity index (χ3n) is 5.87. The summed E-state index contributed by atoms with van der Waals surface area (Å²) in [6, 6.07) is 0. The van der Waals surface area contributed by atoms with Crippen LogP contribution in [-0.2, 0) is 18.9 Å². The van der Waals surface area contributed by atoms with E-state index in [1.54, 1.807) is 100 Å². The number of hydrogen-bond acceptors (Lipinski definition) is 8. The van der Waals surface area contributed by atoms with Crippen molar-refractivity contribution in [3.05, 3.63) is 24.8 Å². The summed E-state index contributed by atoms with van der Waals surface area (Å²) in [7, 11) is 0. The molecule has 0 N–H and O–H groups in total. The third kappa shape index (κ3) is 21.9. The highest BCUT2D eigenvalue weighted by Crippen LogP contribution is 2.15. The average molecular weight is 669 g/mol. The van der Waals surface area contributed by atoms with Gasteiger partial charge in [0.2, 0.25) is 0 Å². The predicted molar refractivity (Wildman–Crippen MR) is 185 cm³/mol. The van der Waals surface area contributed by atoms with Gasteiger partial charge in [-0.2, -0.15) is 0 Å². The number of rotatable bonds is 15. The zero-order valence-corrected chi connectivity index (χ0v) is 31.6. The molecule has 0 atom stereocenters. The van der Waals surface area contributed by atoms with Gasteiger partial charge in [-0.3, -0.25) is 0 Å². The van der Waals surface area contributed by atoms with E-state index in [-0.39, 0.29) is 13.1 Å². The number of amides is 4. The first kappa shape index (κ1) is 43.6. The first-order valence-electron chi connectivity index (χ1n) is 16.5. The lowest BCUT2D eigenvalue weighted by Gasteiger charge is -2.29. The van der Waals surface area contributed by atoms with Crippen molar-refractivity contribution in [2.75, 3.05) is 52.4 Å². The van der Waals surface area contributed by atoms with E-state index in [0.717, 1.165) is 0 Å². The largest absolute Gasteiger partial charge is 0.444 e. The molecule has 0 heterocycles. The van der Waals surface area contributed by atoms with Gasteiger partial charge in [0.05, 0.1) is 0 Å². The summed E-state index contributed by atoms with van der Waals surface area (Å²) in [6.07, 6.45) is 4.43. The average Bonchev–Trinajstić information content (AvgIpc) is 2.86. The van der Waals surface area contributed by atoms with Crippen molar-refractivity contribution in [2.24, 2.45) is 0 Å². The van der Waals surface area contributed by atoms with Crippen molar-refractivity contribution < 1.29 is 38.1 Å². The fourth-order valence-electron chi connectivity index (χ4n) is 3.92. The van der Waals surface area contributed by atoms with Crippen molar-refractivity contribution in [3.63, 3.8) is 0 Å². The molecule has 0 fully saturated rings. The van der Waals surface area contributed by atoms with Crippen LogP contribution in [-0.4, -0.2) is 119 Å². The maximum atomic E-state index is 13.1. The van der Waals surface area contributed by atoms with E-state index < -0.39 is 46.8 Å². The van der Waals surface area contributed by atoms with Gasteiger partial charge in [-0.05, 0) is 103 Å². The summed E-state index contributed by atoms with van der Waals surface area (Å²) in [5.41, 5.74) is -2.61. The van der Waals surface area contributed by atoms with E-state index in [1.807, 2.05) is 27.7 Å². The van der Waals surface area contributed by atoms with Crippen LogP contribution in [0.5, 0.6) is 0 Å². The molecule has 0 aliphatic heterocycles. The topological polar surface area (TPSA) is 118 Å². The van der Waals surface area contributed by atoms with Crippen molar-refractivity contribution in [1.29, 1.82) is 0 Å². The molecule has 0 spiro atoms. The van der Waals surface area contributed by atoms with E-state index in [2.05, 4.69) is 6.58 Å². The van der Waals surface area contributed by atoms with Crippen molar-refractivity contribution in [2.45, 2.75) is 125 Å². The van der Waals surface area contributed by atoms with Crippen LogP contribution in [0.15, 0.2) is 24.8 Å². The number of carbonyl (C=O) groups excluding carboxylic acids is 4.